The minimum absolute atomic E-state index is 0.0367. The van der Waals surface area contributed by atoms with Gasteiger partial charge < -0.3 is 9.47 Å². The summed E-state index contributed by atoms with van der Waals surface area (Å²) in [5, 5.41) is 5.94. The van der Waals surface area contributed by atoms with Gasteiger partial charge in [0.15, 0.2) is 0 Å². The fourth-order valence-electron chi connectivity index (χ4n) is 0.857. The van der Waals surface area contributed by atoms with E-state index < -0.39 is 11.4 Å². The number of nitrogens with zero attached hydrogens (tertiary/aromatic N) is 1. The lowest BCUT2D eigenvalue weighted by atomic mass is 10.3. The van der Waals surface area contributed by atoms with Gasteiger partial charge in [0.1, 0.15) is 5.69 Å². The molecule has 0 saturated carbocycles. The van der Waals surface area contributed by atoms with E-state index in [1.165, 1.54) is 7.11 Å². The minimum Gasteiger partial charge on any atom is -0.464 e. The Morgan fingerprint density at radius 2 is 2.14 bits per heavy atom. The number of hydrogen-bond acceptors (Lipinski definition) is 5. The molecule has 0 bridgehead atoms. The Labute approximate surface area is 84.1 Å². The molecule has 0 atom stereocenters. The van der Waals surface area contributed by atoms with Crippen LogP contribution in [0.15, 0.2) is 0 Å². The van der Waals surface area contributed by atoms with Crippen molar-refractivity contribution < 1.29 is 19.1 Å². The van der Waals surface area contributed by atoms with Gasteiger partial charge in [-0.15, -0.1) is 5.10 Å². The second-order valence-corrected chi connectivity index (χ2v) is 2.67. The van der Waals surface area contributed by atoms with Crippen molar-refractivity contribution in [3.8, 4) is 5.88 Å². The lowest BCUT2D eigenvalue weighted by Crippen LogP contribution is -2.03. The third-order valence-electron chi connectivity index (χ3n) is 1.53. The van der Waals surface area contributed by atoms with Gasteiger partial charge in [-0.2, -0.15) is 0 Å². The summed E-state index contributed by atoms with van der Waals surface area (Å²) in [5.74, 6) is -0.628. The molecule has 0 radical (unpaired) electrons. The lowest BCUT2D eigenvalue weighted by molar-refractivity contribution is 0.0593. The van der Waals surface area contributed by atoms with Crippen molar-refractivity contribution in [1.29, 1.82) is 0 Å². The lowest BCUT2D eigenvalue weighted by Gasteiger charge is -1.96. The summed E-state index contributed by atoms with van der Waals surface area (Å²) in [5.41, 5.74) is -0.526. The number of carbonyl (C=O) groups is 2. The van der Waals surface area contributed by atoms with E-state index in [1.807, 2.05) is 0 Å². The number of aromatic nitrogens is 2. The van der Waals surface area contributed by atoms with E-state index in [-0.39, 0.29) is 11.6 Å². The fraction of sp³-hybridized carbons (Fsp3) is 0.286. The molecule has 1 aromatic rings. The zero-order valence-corrected chi connectivity index (χ0v) is 8.21. The molecule has 1 aromatic heterocycles. The van der Waals surface area contributed by atoms with Crippen LogP contribution in [0.2, 0.25) is 0 Å². The molecule has 76 valence electrons. The number of nitrogens with one attached hydrogen (secondary N) is 1. The SMILES string of the molecule is COC(=O)c1[nH]nc(OC(=O)Cl)c1C. The van der Waals surface area contributed by atoms with Gasteiger partial charge in [-0.05, 0) is 6.92 Å². The number of ether oxygens (including phenoxy) is 2. The van der Waals surface area contributed by atoms with Crippen LogP contribution in [0.1, 0.15) is 16.1 Å². The summed E-state index contributed by atoms with van der Waals surface area (Å²) < 4.78 is 8.95. The maximum absolute atomic E-state index is 11.1. The molecule has 1 rings (SSSR count). The number of aromatic amines is 1. The van der Waals surface area contributed by atoms with Crippen molar-refractivity contribution in [2.75, 3.05) is 7.11 Å². The van der Waals surface area contributed by atoms with Gasteiger partial charge in [0.05, 0.1) is 7.11 Å². The van der Waals surface area contributed by atoms with E-state index in [0.717, 1.165) is 0 Å². The van der Waals surface area contributed by atoms with Gasteiger partial charge in [0, 0.05) is 17.2 Å². The quantitative estimate of drug-likeness (QED) is 0.597. The highest BCUT2D eigenvalue weighted by Crippen LogP contribution is 2.18. The molecule has 1 N–H and O–H groups in total. The van der Waals surface area contributed by atoms with Crippen LogP contribution in [0.3, 0.4) is 0 Å². The fourth-order valence-corrected chi connectivity index (χ4v) is 0.931. The number of hydrogen-bond donors (Lipinski definition) is 1. The van der Waals surface area contributed by atoms with Crippen molar-refractivity contribution in [2.24, 2.45) is 0 Å². The zero-order chi connectivity index (χ0) is 10.7. The van der Waals surface area contributed by atoms with E-state index in [4.69, 9.17) is 11.6 Å². The van der Waals surface area contributed by atoms with Gasteiger partial charge in [-0.25, -0.2) is 9.59 Å². The first-order chi connectivity index (χ1) is 6.56. The van der Waals surface area contributed by atoms with Gasteiger partial charge in [0.2, 0.25) is 5.88 Å². The van der Waals surface area contributed by atoms with Crippen molar-refractivity contribution in [3.05, 3.63) is 11.3 Å². The Balaban J connectivity index is 2.96. The van der Waals surface area contributed by atoms with Gasteiger partial charge in [0.25, 0.3) is 0 Å². The predicted molar refractivity (Wildman–Crippen MR) is 46.5 cm³/mol. The molecule has 6 nitrogen and oxygen atoms in total. The van der Waals surface area contributed by atoms with E-state index >= 15 is 0 Å². The molecule has 0 aliphatic carbocycles. The van der Waals surface area contributed by atoms with Gasteiger partial charge in [-0.3, -0.25) is 5.10 Å². The molecule has 0 aromatic carbocycles. The standard InChI is InChI=1S/C7H7ClN2O4/c1-3-4(6(11)13-2)9-10-5(3)14-7(8)12/h1-2H3,(H,9,10). The molecule has 0 aliphatic rings. The molecule has 7 heteroatoms. The van der Waals surface area contributed by atoms with Crippen molar-refractivity contribution in [1.82, 2.24) is 10.2 Å². The monoisotopic (exact) mass is 218 g/mol. The summed E-state index contributed by atoms with van der Waals surface area (Å²) in [6, 6.07) is 0. The van der Waals surface area contributed by atoms with Crippen LogP contribution < -0.4 is 4.74 Å². The molecule has 0 fully saturated rings. The van der Waals surface area contributed by atoms with E-state index in [9.17, 15) is 9.59 Å². The van der Waals surface area contributed by atoms with Crippen molar-refractivity contribution in [3.63, 3.8) is 0 Å². The minimum atomic E-state index is -1.02. The predicted octanol–water partition coefficient (Wildman–Crippen LogP) is 1.24. The summed E-state index contributed by atoms with van der Waals surface area (Å²) >= 11 is 4.98. The van der Waals surface area contributed by atoms with E-state index in [1.54, 1.807) is 6.92 Å². The highest BCUT2D eigenvalue weighted by Gasteiger charge is 2.18. The first kappa shape index (κ1) is 10.5. The normalized spacial score (nSPS) is 9.64. The van der Waals surface area contributed by atoms with E-state index in [0.29, 0.717) is 5.56 Å². The average molecular weight is 219 g/mol. The first-order valence-electron chi connectivity index (χ1n) is 3.57. The second kappa shape index (κ2) is 4.10. The topological polar surface area (TPSA) is 81.3 Å². The summed E-state index contributed by atoms with van der Waals surface area (Å²) in [6.45, 7) is 1.55. The van der Waals surface area contributed by atoms with Crippen molar-refractivity contribution >= 4 is 23.0 Å². The van der Waals surface area contributed by atoms with Crippen LogP contribution in [0, 0.1) is 6.92 Å². The molecular weight excluding hydrogens is 212 g/mol. The van der Waals surface area contributed by atoms with Crippen LogP contribution in [0.25, 0.3) is 0 Å². The molecular formula is C7H7ClN2O4. The second-order valence-electron chi connectivity index (χ2n) is 2.36. The Morgan fingerprint density at radius 1 is 1.50 bits per heavy atom. The number of methoxy groups -OCH3 is 1. The molecule has 0 saturated heterocycles. The van der Waals surface area contributed by atoms with E-state index in [2.05, 4.69) is 19.7 Å². The Bertz CT molecular complexity index is 374. The summed E-state index contributed by atoms with van der Waals surface area (Å²) in [6.07, 6.45) is 0. The summed E-state index contributed by atoms with van der Waals surface area (Å²) in [4.78, 5) is 21.5. The molecule has 14 heavy (non-hydrogen) atoms. The molecule has 0 spiro atoms. The number of esters is 1. The molecule has 0 unspecified atom stereocenters. The van der Waals surface area contributed by atoms with Crippen LogP contribution in [0.4, 0.5) is 4.79 Å². The number of carbonyl (C=O) groups excluding carboxylic acids is 2. The van der Waals surface area contributed by atoms with Gasteiger partial charge in [-0.1, -0.05) is 0 Å². The highest BCUT2D eigenvalue weighted by atomic mass is 35.5. The number of H-pyrrole nitrogens is 1. The molecule has 1 heterocycles. The Hall–Kier alpha value is -1.56. The van der Waals surface area contributed by atoms with Crippen LogP contribution in [-0.2, 0) is 4.74 Å². The third-order valence-corrected chi connectivity index (χ3v) is 1.61. The third kappa shape index (κ3) is 2.02. The summed E-state index contributed by atoms with van der Waals surface area (Å²) in [7, 11) is 1.23. The zero-order valence-electron chi connectivity index (χ0n) is 7.46. The van der Waals surface area contributed by atoms with Crippen molar-refractivity contribution in [2.45, 2.75) is 6.92 Å². The largest absolute Gasteiger partial charge is 0.464 e. The number of rotatable bonds is 2. The molecule has 0 amide bonds. The Kier molecular flexibility index (Phi) is 3.08. The Morgan fingerprint density at radius 3 is 2.64 bits per heavy atom. The average Bonchev–Trinajstić information content (AvgIpc) is 2.46. The van der Waals surface area contributed by atoms with Gasteiger partial charge >= 0.3 is 11.4 Å². The maximum atomic E-state index is 11.1. The number of halogens is 1. The smallest absolute Gasteiger partial charge is 0.410 e. The van der Waals surface area contributed by atoms with Crippen LogP contribution in [0.5, 0.6) is 5.88 Å². The first-order valence-corrected chi connectivity index (χ1v) is 3.94. The molecule has 0 aliphatic heterocycles. The highest BCUT2D eigenvalue weighted by molar-refractivity contribution is 6.61. The van der Waals surface area contributed by atoms with Crippen LogP contribution in [-0.4, -0.2) is 28.7 Å². The maximum Gasteiger partial charge on any atom is 0.410 e. The van der Waals surface area contributed by atoms with Crippen LogP contribution >= 0.6 is 11.6 Å².